The first kappa shape index (κ1) is 19.1. The molecule has 0 aliphatic heterocycles. The summed E-state index contributed by atoms with van der Waals surface area (Å²) in [7, 11) is 0. The molecule has 4 nitrogen and oxygen atoms in total. The highest BCUT2D eigenvalue weighted by Crippen LogP contribution is 2.30. The highest BCUT2D eigenvalue weighted by molar-refractivity contribution is 6.32. The number of furan rings is 1. The van der Waals surface area contributed by atoms with Crippen LogP contribution in [0.1, 0.15) is 41.1 Å². The fraction of sp³-hybridized carbons (Fsp3) is 0.227. The molecule has 1 amide bonds. The predicted molar refractivity (Wildman–Crippen MR) is 108 cm³/mol. The van der Waals surface area contributed by atoms with Gasteiger partial charge in [-0.05, 0) is 48.2 Å². The van der Waals surface area contributed by atoms with Gasteiger partial charge >= 0.3 is 0 Å². The number of benzene rings is 2. The Balaban J connectivity index is 1.80. The van der Waals surface area contributed by atoms with E-state index in [9.17, 15) is 4.79 Å². The maximum Gasteiger partial charge on any atom is 0.291 e. The maximum absolute atomic E-state index is 12.9. The van der Waals surface area contributed by atoms with Crippen molar-refractivity contribution in [3.05, 3.63) is 82.3 Å². The van der Waals surface area contributed by atoms with Crippen LogP contribution in [-0.2, 0) is 19.4 Å². The van der Waals surface area contributed by atoms with E-state index in [-0.39, 0.29) is 18.3 Å². The zero-order chi connectivity index (χ0) is 19.2. The van der Waals surface area contributed by atoms with Gasteiger partial charge in [-0.3, -0.25) is 4.79 Å². The summed E-state index contributed by atoms with van der Waals surface area (Å²) in [4.78, 5) is 12.9. The highest BCUT2D eigenvalue weighted by Gasteiger charge is 2.19. The molecule has 0 saturated carbocycles. The third-order valence-corrected chi connectivity index (χ3v) is 4.76. The second kappa shape index (κ2) is 8.78. The fourth-order valence-electron chi connectivity index (χ4n) is 2.96. The molecule has 0 aliphatic rings. The molecule has 1 heterocycles. The van der Waals surface area contributed by atoms with Gasteiger partial charge in [-0.2, -0.15) is 0 Å². The third kappa shape index (κ3) is 4.34. The second-order valence-electron chi connectivity index (χ2n) is 6.10. The first-order chi connectivity index (χ1) is 13.1. The van der Waals surface area contributed by atoms with Gasteiger partial charge in [-0.25, -0.2) is 0 Å². The normalized spacial score (nSPS) is 10.6. The molecule has 1 N–H and O–H groups in total. The first-order valence-electron chi connectivity index (χ1n) is 8.99. The minimum Gasteiger partial charge on any atom is -0.489 e. The van der Waals surface area contributed by atoms with Crippen molar-refractivity contribution in [1.82, 2.24) is 0 Å². The Bertz CT molecular complexity index is 919. The van der Waals surface area contributed by atoms with Gasteiger partial charge in [0.1, 0.15) is 12.4 Å². The highest BCUT2D eigenvalue weighted by atomic mass is 35.5. The fourth-order valence-corrected chi connectivity index (χ4v) is 3.25. The number of hydrogen-bond donors (Lipinski definition) is 1. The van der Waals surface area contributed by atoms with Crippen molar-refractivity contribution in [3.8, 4) is 5.75 Å². The van der Waals surface area contributed by atoms with E-state index in [4.69, 9.17) is 20.8 Å². The van der Waals surface area contributed by atoms with Gasteiger partial charge in [0.25, 0.3) is 5.91 Å². The van der Waals surface area contributed by atoms with Crippen molar-refractivity contribution in [3.63, 3.8) is 0 Å². The lowest BCUT2D eigenvalue weighted by atomic mass is 10.0. The Morgan fingerprint density at radius 2 is 1.81 bits per heavy atom. The van der Waals surface area contributed by atoms with E-state index < -0.39 is 0 Å². The summed E-state index contributed by atoms with van der Waals surface area (Å²) < 4.78 is 11.2. The van der Waals surface area contributed by atoms with E-state index in [1.165, 1.54) is 6.26 Å². The average molecular weight is 384 g/mol. The zero-order valence-electron chi connectivity index (χ0n) is 15.4. The minimum atomic E-state index is -0.307. The smallest absolute Gasteiger partial charge is 0.291 e. The summed E-state index contributed by atoms with van der Waals surface area (Å²) >= 11 is 6.32. The minimum absolute atomic E-state index is 0.245. The molecule has 0 spiro atoms. The number of anilines is 1. The van der Waals surface area contributed by atoms with Gasteiger partial charge < -0.3 is 14.5 Å². The number of rotatable bonds is 7. The largest absolute Gasteiger partial charge is 0.489 e. The molecule has 2 aromatic carbocycles. The lowest BCUT2D eigenvalue weighted by molar-refractivity contribution is 0.0993. The summed E-state index contributed by atoms with van der Waals surface area (Å²) in [6.07, 6.45) is 3.02. The van der Waals surface area contributed by atoms with Crippen molar-refractivity contribution < 1.29 is 13.9 Å². The number of para-hydroxylation sites is 1. The van der Waals surface area contributed by atoms with E-state index in [0.29, 0.717) is 10.6 Å². The SMILES string of the molecule is CCc1ccc(Cl)c(CC)c1NC(=O)c1occc1COc1ccccc1. The number of ether oxygens (including phenoxy) is 1. The summed E-state index contributed by atoms with van der Waals surface area (Å²) in [5.41, 5.74) is 3.43. The molecule has 0 bridgehead atoms. The Hall–Kier alpha value is -2.72. The Kier molecular flexibility index (Phi) is 6.20. The van der Waals surface area contributed by atoms with Crippen molar-refractivity contribution in [2.45, 2.75) is 33.3 Å². The molecule has 3 aromatic rings. The van der Waals surface area contributed by atoms with Gasteiger partial charge in [0.2, 0.25) is 0 Å². The number of halogens is 1. The number of amides is 1. The van der Waals surface area contributed by atoms with Crippen LogP contribution >= 0.6 is 11.6 Å². The Morgan fingerprint density at radius 3 is 2.52 bits per heavy atom. The molecule has 0 aliphatic carbocycles. The quantitative estimate of drug-likeness (QED) is 0.553. The third-order valence-electron chi connectivity index (χ3n) is 4.41. The standard InChI is InChI=1S/C22H22ClNO3/c1-3-15-10-11-19(23)18(4-2)20(15)24-22(25)21-16(12-13-26-21)14-27-17-8-6-5-7-9-17/h5-13H,3-4,14H2,1-2H3,(H,24,25). The van der Waals surface area contributed by atoms with Crippen molar-refractivity contribution in [1.29, 1.82) is 0 Å². The molecule has 0 fully saturated rings. The van der Waals surface area contributed by atoms with Gasteiger partial charge in [-0.1, -0.05) is 49.7 Å². The lowest BCUT2D eigenvalue weighted by Crippen LogP contribution is -2.16. The number of carbonyl (C=O) groups is 1. The molecule has 5 heteroatoms. The first-order valence-corrected chi connectivity index (χ1v) is 9.37. The van der Waals surface area contributed by atoms with Crippen LogP contribution in [0, 0.1) is 0 Å². The van der Waals surface area contributed by atoms with Gasteiger partial charge in [-0.15, -0.1) is 0 Å². The van der Waals surface area contributed by atoms with Gasteiger partial charge in [0.05, 0.1) is 6.26 Å². The van der Waals surface area contributed by atoms with Crippen LogP contribution in [0.3, 0.4) is 0 Å². The molecule has 0 radical (unpaired) electrons. The summed E-state index contributed by atoms with van der Waals surface area (Å²) in [5.74, 6) is 0.676. The zero-order valence-corrected chi connectivity index (χ0v) is 16.2. The van der Waals surface area contributed by atoms with E-state index >= 15 is 0 Å². The Morgan fingerprint density at radius 1 is 1.04 bits per heavy atom. The van der Waals surface area contributed by atoms with Crippen LogP contribution in [0.5, 0.6) is 5.75 Å². The Labute approximate surface area is 164 Å². The van der Waals surface area contributed by atoms with Crippen LogP contribution in [0.4, 0.5) is 5.69 Å². The van der Waals surface area contributed by atoms with E-state index in [0.717, 1.165) is 35.4 Å². The molecule has 140 valence electrons. The molecule has 3 rings (SSSR count). The topological polar surface area (TPSA) is 51.5 Å². The number of hydrogen-bond acceptors (Lipinski definition) is 3. The molecular formula is C22H22ClNO3. The molecule has 0 atom stereocenters. The summed E-state index contributed by atoms with van der Waals surface area (Å²) in [6, 6.07) is 15.0. The second-order valence-corrected chi connectivity index (χ2v) is 6.51. The monoisotopic (exact) mass is 383 g/mol. The van der Waals surface area contributed by atoms with Crippen LogP contribution in [0.25, 0.3) is 0 Å². The summed E-state index contributed by atoms with van der Waals surface area (Å²) in [5, 5.41) is 3.64. The number of carbonyl (C=O) groups excluding carboxylic acids is 1. The van der Waals surface area contributed by atoms with Crippen LogP contribution in [0.2, 0.25) is 5.02 Å². The lowest BCUT2D eigenvalue weighted by Gasteiger charge is -2.15. The van der Waals surface area contributed by atoms with Crippen molar-refractivity contribution in [2.75, 3.05) is 5.32 Å². The van der Waals surface area contributed by atoms with Gasteiger partial charge in [0.15, 0.2) is 5.76 Å². The molecule has 1 aromatic heterocycles. The van der Waals surface area contributed by atoms with Crippen LogP contribution in [0.15, 0.2) is 59.2 Å². The predicted octanol–water partition coefficient (Wildman–Crippen LogP) is 5.89. The number of aryl methyl sites for hydroxylation is 1. The molecular weight excluding hydrogens is 362 g/mol. The van der Waals surface area contributed by atoms with Crippen molar-refractivity contribution in [2.24, 2.45) is 0 Å². The number of nitrogens with one attached hydrogen (secondary N) is 1. The van der Waals surface area contributed by atoms with Crippen LogP contribution in [-0.4, -0.2) is 5.91 Å². The van der Waals surface area contributed by atoms with Crippen molar-refractivity contribution >= 4 is 23.2 Å². The van der Waals surface area contributed by atoms with E-state index in [2.05, 4.69) is 5.32 Å². The van der Waals surface area contributed by atoms with Gasteiger partial charge in [0, 0.05) is 16.3 Å². The molecule has 0 unspecified atom stereocenters. The van der Waals surface area contributed by atoms with E-state index in [1.807, 2.05) is 56.3 Å². The molecule has 27 heavy (non-hydrogen) atoms. The van der Waals surface area contributed by atoms with E-state index in [1.54, 1.807) is 6.07 Å². The van der Waals surface area contributed by atoms with Crippen LogP contribution < -0.4 is 10.1 Å². The molecule has 0 saturated heterocycles. The summed E-state index contributed by atoms with van der Waals surface area (Å²) in [6.45, 7) is 4.31. The maximum atomic E-state index is 12.9. The average Bonchev–Trinajstić information content (AvgIpc) is 3.16.